The van der Waals surface area contributed by atoms with Crippen LogP contribution in [0.15, 0.2) is 0 Å². The number of hydrogen-bond donors (Lipinski definition) is 0. The van der Waals surface area contributed by atoms with Crippen LogP contribution in [0.2, 0.25) is 0 Å². The lowest BCUT2D eigenvalue weighted by molar-refractivity contribution is 0.194. The van der Waals surface area contributed by atoms with Gasteiger partial charge in [0.05, 0.1) is 12.6 Å². The molecule has 0 aromatic heterocycles. The Morgan fingerprint density at radius 3 is 2.53 bits per heavy atom. The molecular weight excluding hydrogens is 214 g/mol. The Balaban J connectivity index is 1.82. The number of amides is 2. The lowest BCUT2D eigenvalue weighted by Gasteiger charge is -2.19. The Hall–Kier alpha value is -1.21. The van der Waals surface area contributed by atoms with Crippen molar-refractivity contribution in [3.63, 3.8) is 0 Å². The number of nitrogens with zero attached hydrogens (tertiary/aromatic N) is 3. The van der Waals surface area contributed by atoms with E-state index in [4.69, 9.17) is 0 Å². The molecule has 0 aromatic rings. The minimum absolute atomic E-state index is 0.0371. The van der Waals surface area contributed by atoms with Gasteiger partial charge in [0.2, 0.25) is 0 Å². The summed E-state index contributed by atoms with van der Waals surface area (Å²) in [6.45, 7) is 6.82. The largest absolute Gasteiger partial charge is 0.326 e. The van der Waals surface area contributed by atoms with Crippen LogP contribution in [0.25, 0.3) is 0 Å². The second kappa shape index (κ2) is 5.42. The predicted molar refractivity (Wildman–Crippen MR) is 67.6 cm³/mol. The van der Waals surface area contributed by atoms with E-state index in [9.17, 15) is 4.79 Å². The molecule has 2 rings (SSSR count). The van der Waals surface area contributed by atoms with Crippen LogP contribution >= 0.6 is 0 Å². The molecule has 1 unspecified atom stereocenters. The average Bonchev–Trinajstić information content (AvgIpc) is 2.91. The van der Waals surface area contributed by atoms with Gasteiger partial charge in [0.1, 0.15) is 0 Å². The van der Waals surface area contributed by atoms with Crippen LogP contribution in [0.1, 0.15) is 19.8 Å². The van der Waals surface area contributed by atoms with Crippen LogP contribution < -0.4 is 0 Å². The van der Waals surface area contributed by atoms with Crippen LogP contribution in [-0.4, -0.2) is 66.5 Å². The van der Waals surface area contributed by atoms with Crippen LogP contribution in [0.4, 0.5) is 4.79 Å². The summed E-state index contributed by atoms with van der Waals surface area (Å²) in [5.41, 5.74) is 0. The number of carbonyl (C=O) groups excluding carboxylic acids is 1. The molecule has 0 spiro atoms. The SMILES string of the molecule is CC(C#CCN1CCCC1)N1CCN(C)C1=O. The molecule has 0 aromatic carbocycles. The van der Waals surface area contributed by atoms with Gasteiger partial charge in [0.15, 0.2) is 0 Å². The summed E-state index contributed by atoms with van der Waals surface area (Å²) >= 11 is 0. The molecule has 0 radical (unpaired) electrons. The third-order valence-corrected chi connectivity index (χ3v) is 3.53. The van der Waals surface area contributed by atoms with E-state index in [-0.39, 0.29) is 12.1 Å². The van der Waals surface area contributed by atoms with Gasteiger partial charge in [-0.15, -0.1) is 0 Å². The zero-order chi connectivity index (χ0) is 12.3. The van der Waals surface area contributed by atoms with Gasteiger partial charge < -0.3 is 9.80 Å². The number of urea groups is 1. The van der Waals surface area contributed by atoms with Crippen molar-refractivity contribution < 1.29 is 4.79 Å². The van der Waals surface area contributed by atoms with Gasteiger partial charge >= 0.3 is 6.03 Å². The first-order valence-corrected chi connectivity index (χ1v) is 6.41. The number of hydrogen-bond acceptors (Lipinski definition) is 2. The number of rotatable bonds is 2. The number of likely N-dealkylation sites (tertiary alicyclic amines) is 1. The fourth-order valence-corrected chi connectivity index (χ4v) is 2.35. The molecule has 0 bridgehead atoms. The van der Waals surface area contributed by atoms with Crippen molar-refractivity contribution in [2.75, 3.05) is 39.8 Å². The summed E-state index contributed by atoms with van der Waals surface area (Å²) in [6.07, 6.45) is 2.60. The van der Waals surface area contributed by atoms with Gasteiger partial charge in [-0.05, 0) is 32.9 Å². The molecule has 0 aliphatic carbocycles. The molecular formula is C13H21N3O. The second-order valence-electron chi connectivity index (χ2n) is 4.88. The minimum Gasteiger partial charge on any atom is -0.326 e. The monoisotopic (exact) mass is 235 g/mol. The smallest absolute Gasteiger partial charge is 0.320 e. The highest BCUT2D eigenvalue weighted by molar-refractivity contribution is 5.76. The van der Waals surface area contributed by atoms with Gasteiger partial charge in [-0.2, -0.15) is 0 Å². The van der Waals surface area contributed by atoms with E-state index in [1.807, 2.05) is 18.9 Å². The fourth-order valence-electron chi connectivity index (χ4n) is 2.35. The normalized spacial score (nSPS) is 22.8. The summed E-state index contributed by atoms with van der Waals surface area (Å²) in [6, 6.07) is 0.142. The lowest BCUT2D eigenvalue weighted by Crippen LogP contribution is -2.35. The van der Waals surface area contributed by atoms with E-state index >= 15 is 0 Å². The van der Waals surface area contributed by atoms with Gasteiger partial charge in [-0.25, -0.2) is 4.79 Å². The molecule has 4 heteroatoms. The summed E-state index contributed by atoms with van der Waals surface area (Å²) in [4.78, 5) is 17.7. The molecule has 17 heavy (non-hydrogen) atoms. The molecule has 2 aliphatic rings. The molecule has 94 valence electrons. The summed E-state index contributed by atoms with van der Waals surface area (Å²) in [5, 5.41) is 0. The molecule has 1 atom stereocenters. The first kappa shape index (κ1) is 12.3. The molecule has 2 heterocycles. The zero-order valence-electron chi connectivity index (χ0n) is 10.8. The third-order valence-electron chi connectivity index (χ3n) is 3.53. The fraction of sp³-hybridized carbons (Fsp3) is 0.769. The van der Waals surface area contributed by atoms with E-state index in [2.05, 4.69) is 16.7 Å². The highest BCUT2D eigenvalue weighted by Gasteiger charge is 2.28. The van der Waals surface area contributed by atoms with Crippen molar-refractivity contribution in [2.45, 2.75) is 25.8 Å². The maximum absolute atomic E-state index is 11.7. The van der Waals surface area contributed by atoms with Gasteiger partial charge in [0.25, 0.3) is 0 Å². The molecule has 0 saturated carbocycles. The summed E-state index contributed by atoms with van der Waals surface area (Å²) < 4.78 is 0. The highest BCUT2D eigenvalue weighted by Crippen LogP contribution is 2.10. The average molecular weight is 235 g/mol. The minimum atomic E-state index is 0.0371. The van der Waals surface area contributed by atoms with Crippen LogP contribution in [0.5, 0.6) is 0 Å². The van der Waals surface area contributed by atoms with E-state index < -0.39 is 0 Å². The molecule has 2 saturated heterocycles. The standard InChI is InChI=1S/C13H21N3O/c1-12(16-11-10-14(2)13(16)17)6-5-9-15-7-3-4-8-15/h12H,3-4,7-11H2,1-2H3. The topological polar surface area (TPSA) is 26.8 Å². The Morgan fingerprint density at radius 2 is 1.94 bits per heavy atom. The summed E-state index contributed by atoms with van der Waals surface area (Å²) in [7, 11) is 1.84. The van der Waals surface area contributed by atoms with Crippen LogP contribution in [0.3, 0.4) is 0 Å². The van der Waals surface area contributed by atoms with E-state index in [0.717, 1.165) is 19.6 Å². The summed E-state index contributed by atoms with van der Waals surface area (Å²) in [5.74, 6) is 6.39. The third kappa shape index (κ3) is 2.92. The van der Waals surface area contributed by atoms with Gasteiger partial charge in [0, 0.05) is 20.1 Å². The molecule has 2 aliphatic heterocycles. The number of likely N-dealkylation sites (N-methyl/N-ethyl adjacent to an activating group) is 1. The van der Waals surface area contributed by atoms with Crippen molar-refractivity contribution in [2.24, 2.45) is 0 Å². The maximum Gasteiger partial charge on any atom is 0.320 e. The molecule has 2 amide bonds. The van der Waals surface area contributed by atoms with Crippen molar-refractivity contribution in [3.8, 4) is 11.8 Å². The molecule has 0 N–H and O–H groups in total. The van der Waals surface area contributed by atoms with Crippen molar-refractivity contribution in [1.29, 1.82) is 0 Å². The Bertz CT molecular complexity index is 338. The maximum atomic E-state index is 11.7. The van der Waals surface area contributed by atoms with Crippen LogP contribution in [-0.2, 0) is 0 Å². The predicted octanol–water partition coefficient (Wildman–Crippen LogP) is 0.841. The van der Waals surface area contributed by atoms with Crippen molar-refractivity contribution in [1.82, 2.24) is 14.7 Å². The quantitative estimate of drug-likeness (QED) is 0.663. The van der Waals surface area contributed by atoms with Crippen molar-refractivity contribution in [3.05, 3.63) is 0 Å². The van der Waals surface area contributed by atoms with Gasteiger partial charge in [-0.3, -0.25) is 4.90 Å². The zero-order valence-corrected chi connectivity index (χ0v) is 10.8. The molecule has 2 fully saturated rings. The first-order valence-electron chi connectivity index (χ1n) is 6.41. The Morgan fingerprint density at radius 1 is 1.24 bits per heavy atom. The Kier molecular flexibility index (Phi) is 3.90. The van der Waals surface area contributed by atoms with Crippen molar-refractivity contribution >= 4 is 6.03 Å². The molecule has 4 nitrogen and oxygen atoms in total. The highest BCUT2D eigenvalue weighted by atomic mass is 16.2. The van der Waals surface area contributed by atoms with E-state index in [1.165, 1.54) is 25.9 Å². The lowest BCUT2D eigenvalue weighted by atomic mass is 10.3. The van der Waals surface area contributed by atoms with E-state index in [1.54, 1.807) is 4.90 Å². The van der Waals surface area contributed by atoms with Gasteiger partial charge in [-0.1, -0.05) is 11.8 Å². The first-order chi connectivity index (χ1) is 8.18. The van der Waals surface area contributed by atoms with E-state index in [0.29, 0.717) is 0 Å². The Labute approximate surface area is 104 Å². The second-order valence-corrected chi connectivity index (χ2v) is 4.88. The number of carbonyl (C=O) groups is 1. The van der Waals surface area contributed by atoms with Crippen LogP contribution in [0, 0.1) is 11.8 Å².